The van der Waals surface area contributed by atoms with Crippen molar-refractivity contribution in [1.29, 1.82) is 0 Å². The van der Waals surface area contributed by atoms with Gasteiger partial charge in [-0.05, 0) is 137 Å². The van der Waals surface area contributed by atoms with E-state index in [1.807, 2.05) is 0 Å². The first-order valence-corrected chi connectivity index (χ1v) is 15.4. The molecule has 200 valence electrons. The lowest BCUT2D eigenvalue weighted by molar-refractivity contribution is -0.257. The molecule has 9 atom stereocenters. The molecular formula is C31H48N2O3. The number of fused-ring (bicyclic) bond motifs is 6. The molecule has 0 amide bonds. The Hall–Kier alpha value is -0.910. The molecule has 3 saturated carbocycles. The van der Waals surface area contributed by atoms with Gasteiger partial charge in [0.05, 0.1) is 11.8 Å². The van der Waals surface area contributed by atoms with Crippen LogP contribution in [0, 0.1) is 34.5 Å². The molecule has 0 aromatic carbocycles. The van der Waals surface area contributed by atoms with Gasteiger partial charge in [-0.25, -0.2) is 4.68 Å². The summed E-state index contributed by atoms with van der Waals surface area (Å²) >= 11 is 0. The van der Waals surface area contributed by atoms with Crippen LogP contribution in [-0.4, -0.2) is 34.9 Å². The van der Waals surface area contributed by atoms with Gasteiger partial charge in [-0.3, -0.25) is 0 Å². The molecule has 2 aliphatic heterocycles. The summed E-state index contributed by atoms with van der Waals surface area (Å²) in [4.78, 5) is 0. The monoisotopic (exact) mass is 496 g/mol. The van der Waals surface area contributed by atoms with Crippen molar-refractivity contribution in [3.8, 4) is 0 Å². The molecule has 36 heavy (non-hydrogen) atoms. The van der Waals surface area contributed by atoms with Crippen molar-refractivity contribution >= 4 is 0 Å². The topological polar surface area (TPSA) is 45.5 Å². The Bertz CT molecular complexity index is 965. The van der Waals surface area contributed by atoms with Gasteiger partial charge in [0.25, 0.3) is 0 Å². The van der Waals surface area contributed by atoms with Gasteiger partial charge in [0.1, 0.15) is 6.23 Å². The number of nitrogens with zero attached hydrogens (tertiary/aromatic N) is 2. The molecule has 4 aliphatic carbocycles. The van der Waals surface area contributed by atoms with Gasteiger partial charge >= 0.3 is 0 Å². The molecular weight excluding hydrogens is 448 g/mol. The van der Waals surface area contributed by atoms with Gasteiger partial charge in [0, 0.05) is 18.9 Å². The molecule has 2 unspecified atom stereocenters. The first kappa shape index (κ1) is 24.2. The number of hydrogen-bond donors (Lipinski definition) is 0. The summed E-state index contributed by atoms with van der Waals surface area (Å²) in [6.45, 7) is 9.45. The van der Waals surface area contributed by atoms with E-state index >= 15 is 0 Å². The number of hydrogen-bond acceptors (Lipinski definition) is 4. The van der Waals surface area contributed by atoms with Crippen LogP contribution in [0.5, 0.6) is 0 Å². The highest BCUT2D eigenvalue weighted by Gasteiger charge is 2.64. The van der Waals surface area contributed by atoms with Crippen LogP contribution < -0.4 is 0 Å². The van der Waals surface area contributed by atoms with Crippen molar-refractivity contribution in [2.24, 2.45) is 34.5 Å². The Morgan fingerprint density at radius 1 is 0.889 bits per heavy atom. The lowest BCUT2D eigenvalue weighted by Gasteiger charge is -2.61. The zero-order valence-corrected chi connectivity index (χ0v) is 23.0. The van der Waals surface area contributed by atoms with Crippen LogP contribution in [0.4, 0.5) is 0 Å². The van der Waals surface area contributed by atoms with Crippen molar-refractivity contribution in [3.63, 3.8) is 0 Å². The zero-order valence-electron chi connectivity index (χ0n) is 23.0. The van der Waals surface area contributed by atoms with Crippen LogP contribution in [0.1, 0.15) is 115 Å². The van der Waals surface area contributed by atoms with E-state index in [1.165, 1.54) is 88.3 Å². The molecule has 7 rings (SSSR count). The van der Waals surface area contributed by atoms with E-state index < -0.39 is 0 Å². The van der Waals surface area contributed by atoms with Crippen molar-refractivity contribution in [1.82, 2.24) is 9.78 Å². The molecule has 5 nitrogen and oxygen atoms in total. The highest BCUT2D eigenvalue weighted by molar-refractivity contribution is 5.27. The minimum absolute atomic E-state index is 0.0201. The second kappa shape index (κ2) is 8.81. The fourth-order valence-corrected chi connectivity index (χ4v) is 10.3. The Morgan fingerprint density at radius 2 is 1.69 bits per heavy atom. The summed E-state index contributed by atoms with van der Waals surface area (Å²) in [5.74, 6) is 3.27. The Balaban J connectivity index is 1.12. The summed E-state index contributed by atoms with van der Waals surface area (Å²) in [5.41, 5.74) is 3.67. The van der Waals surface area contributed by atoms with E-state index in [0.29, 0.717) is 5.41 Å². The molecule has 0 spiro atoms. The minimum atomic E-state index is -0.0384. The summed E-state index contributed by atoms with van der Waals surface area (Å²) < 4.78 is 21.4. The lowest BCUT2D eigenvalue weighted by atomic mass is 9.44. The third-order valence-corrected chi connectivity index (χ3v) is 12.5. The Morgan fingerprint density at radius 3 is 2.47 bits per heavy atom. The molecule has 1 aromatic heterocycles. The van der Waals surface area contributed by atoms with Crippen LogP contribution in [-0.2, 0) is 27.1 Å². The maximum Gasteiger partial charge on any atom is 0.158 e. The third-order valence-electron chi connectivity index (χ3n) is 12.5. The molecule has 5 fully saturated rings. The van der Waals surface area contributed by atoms with Gasteiger partial charge in [-0.2, -0.15) is 5.10 Å². The number of aromatic nitrogens is 2. The molecule has 5 heteroatoms. The van der Waals surface area contributed by atoms with Crippen molar-refractivity contribution in [3.05, 3.63) is 17.5 Å². The van der Waals surface area contributed by atoms with E-state index in [1.54, 1.807) is 0 Å². The SMILES string of the molecule is C[C@]12Cc3cnn(C4CCCCO4)c3C[C@@H]1CC[C@@H]1[C@@H]2CC[C@@]2(C)[C@H]1CC[C@]2(C)OC1CCCCO1. The molecule has 0 radical (unpaired) electrons. The van der Waals surface area contributed by atoms with Crippen LogP contribution in [0.25, 0.3) is 0 Å². The fraction of sp³-hybridized carbons (Fsp3) is 0.903. The largest absolute Gasteiger partial charge is 0.357 e. The Labute approximate surface area is 218 Å². The van der Waals surface area contributed by atoms with Gasteiger partial charge < -0.3 is 14.2 Å². The van der Waals surface area contributed by atoms with E-state index in [4.69, 9.17) is 19.3 Å². The second-order valence-corrected chi connectivity index (χ2v) is 14.1. The fourth-order valence-electron chi connectivity index (χ4n) is 10.3. The first-order valence-electron chi connectivity index (χ1n) is 15.4. The number of ether oxygens (including phenoxy) is 3. The smallest absolute Gasteiger partial charge is 0.158 e. The maximum atomic E-state index is 6.89. The molecule has 3 heterocycles. The van der Waals surface area contributed by atoms with Crippen LogP contribution in [0.15, 0.2) is 6.20 Å². The van der Waals surface area contributed by atoms with Crippen molar-refractivity contribution in [2.75, 3.05) is 13.2 Å². The van der Waals surface area contributed by atoms with Gasteiger partial charge in [-0.1, -0.05) is 13.8 Å². The second-order valence-electron chi connectivity index (χ2n) is 14.1. The highest BCUT2D eigenvalue weighted by Crippen LogP contribution is 2.68. The summed E-state index contributed by atoms with van der Waals surface area (Å²) in [5, 5.41) is 4.92. The third kappa shape index (κ3) is 3.54. The molecule has 1 aromatic rings. The lowest BCUT2D eigenvalue weighted by Crippen LogP contribution is -2.57. The maximum absolute atomic E-state index is 6.89. The highest BCUT2D eigenvalue weighted by atomic mass is 16.7. The normalized spacial score (nSPS) is 48.5. The van der Waals surface area contributed by atoms with Crippen LogP contribution in [0.3, 0.4) is 0 Å². The van der Waals surface area contributed by atoms with Crippen molar-refractivity contribution < 1.29 is 14.2 Å². The summed E-state index contributed by atoms with van der Waals surface area (Å²) in [7, 11) is 0. The van der Waals surface area contributed by atoms with Crippen LogP contribution >= 0.6 is 0 Å². The van der Waals surface area contributed by atoms with Crippen molar-refractivity contribution in [2.45, 2.75) is 129 Å². The van der Waals surface area contributed by atoms with Crippen LogP contribution in [0.2, 0.25) is 0 Å². The molecule has 0 bridgehead atoms. The van der Waals surface area contributed by atoms with E-state index in [0.717, 1.165) is 49.7 Å². The van der Waals surface area contributed by atoms with E-state index in [-0.39, 0.29) is 23.5 Å². The summed E-state index contributed by atoms with van der Waals surface area (Å²) in [6.07, 6.45) is 19.9. The van der Waals surface area contributed by atoms with Gasteiger partial charge in [-0.15, -0.1) is 0 Å². The quantitative estimate of drug-likeness (QED) is 0.459. The summed E-state index contributed by atoms with van der Waals surface area (Å²) in [6, 6.07) is 0. The number of rotatable bonds is 3. The van der Waals surface area contributed by atoms with E-state index in [2.05, 4.69) is 31.6 Å². The molecule has 2 saturated heterocycles. The minimum Gasteiger partial charge on any atom is -0.357 e. The van der Waals surface area contributed by atoms with Gasteiger partial charge in [0.2, 0.25) is 0 Å². The predicted octanol–water partition coefficient (Wildman–Crippen LogP) is 6.84. The average Bonchev–Trinajstić information content (AvgIpc) is 3.41. The zero-order chi connectivity index (χ0) is 24.5. The standard InChI is InChI=1S/C31H48N2O3/c1-29-19-21-20-32-33(27-8-4-6-16-34-27)26(21)18-22(29)10-11-23-24(29)12-14-30(2)25(23)13-15-31(30,3)36-28-9-5-7-17-35-28/h20,22-25,27-28H,4-19H2,1-3H3/t22-,23+,24-,25-,27?,28?,29-,30-,31-/m0/s1. The van der Waals surface area contributed by atoms with E-state index in [9.17, 15) is 0 Å². The Kier molecular flexibility index (Phi) is 5.91. The van der Waals surface area contributed by atoms with Gasteiger partial charge in [0.15, 0.2) is 6.29 Å². The molecule has 0 N–H and O–H groups in total. The molecule has 6 aliphatic rings. The first-order chi connectivity index (χ1) is 17.4. The average molecular weight is 497 g/mol. The predicted molar refractivity (Wildman–Crippen MR) is 139 cm³/mol.